The molecule has 3 N–H and O–H groups in total. The number of nitrogens with one attached hydrogen (secondary N) is 1. The number of nitrogens with two attached hydrogens (primary N) is 1. The fraction of sp³-hybridized carbons (Fsp3) is 0.143. The topological polar surface area (TPSA) is 72.5 Å². The van der Waals surface area contributed by atoms with E-state index in [0.717, 1.165) is 12.0 Å². The van der Waals surface area contributed by atoms with Crippen molar-refractivity contribution < 1.29 is 9.13 Å². The maximum absolute atomic E-state index is 13.3. The number of aliphatic imine (C=N–C) groups is 1. The Morgan fingerprint density at radius 1 is 1.07 bits per heavy atom. The number of hydrogen-bond donors (Lipinski definition) is 2. The number of aromatic nitrogens is 1. The third-order valence-corrected chi connectivity index (χ3v) is 3.84. The van der Waals surface area contributed by atoms with E-state index in [4.69, 9.17) is 10.5 Å². The van der Waals surface area contributed by atoms with E-state index in [2.05, 4.69) is 27.4 Å². The maximum atomic E-state index is 13.3. The fourth-order valence-electron chi connectivity index (χ4n) is 2.48. The first-order valence-corrected chi connectivity index (χ1v) is 8.66. The van der Waals surface area contributed by atoms with Crippen molar-refractivity contribution in [2.45, 2.75) is 13.0 Å². The van der Waals surface area contributed by atoms with Crippen molar-refractivity contribution in [3.8, 4) is 11.6 Å². The highest BCUT2D eigenvalue weighted by Crippen LogP contribution is 2.23. The molecule has 0 aliphatic heterocycles. The van der Waals surface area contributed by atoms with Gasteiger partial charge in [0.25, 0.3) is 0 Å². The Labute approximate surface area is 180 Å². The number of rotatable bonds is 7. The summed E-state index contributed by atoms with van der Waals surface area (Å²) in [5, 5.41) is 3.09. The molecule has 0 unspecified atom stereocenters. The van der Waals surface area contributed by atoms with E-state index >= 15 is 0 Å². The summed E-state index contributed by atoms with van der Waals surface area (Å²) in [4.78, 5) is 8.54. The summed E-state index contributed by atoms with van der Waals surface area (Å²) in [6.07, 6.45) is 2.47. The van der Waals surface area contributed by atoms with Crippen LogP contribution in [0.1, 0.15) is 11.1 Å². The normalized spacial score (nSPS) is 10.8. The second-order valence-electron chi connectivity index (χ2n) is 5.89. The van der Waals surface area contributed by atoms with Gasteiger partial charge in [-0.25, -0.2) is 14.4 Å². The molecule has 2 aromatic carbocycles. The smallest absolute Gasteiger partial charge is 0.224 e. The van der Waals surface area contributed by atoms with Crippen molar-refractivity contribution in [3.05, 3.63) is 89.9 Å². The summed E-state index contributed by atoms with van der Waals surface area (Å²) in [6, 6.07) is 19.7. The molecule has 0 radical (unpaired) electrons. The van der Waals surface area contributed by atoms with Crippen molar-refractivity contribution in [3.63, 3.8) is 0 Å². The number of halogens is 2. The van der Waals surface area contributed by atoms with E-state index in [9.17, 15) is 4.39 Å². The first-order chi connectivity index (χ1) is 13.2. The van der Waals surface area contributed by atoms with Crippen molar-refractivity contribution in [2.75, 3.05) is 6.54 Å². The van der Waals surface area contributed by atoms with Gasteiger partial charge in [0.1, 0.15) is 11.6 Å². The minimum Gasteiger partial charge on any atom is -0.439 e. The molecular formula is C21H22FIN4O. The third kappa shape index (κ3) is 6.80. The molecule has 0 fully saturated rings. The van der Waals surface area contributed by atoms with Crippen LogP contribution in [0.25, 0.3) is 0 Å². The fourth-order valence-corrected chi connectivity index (χ4v) is 2.48. The van der Waals surface area contributed by atoms with E-state index in [1.807, 2.05) is 24.3 Å². The van der Waals surface area contributed by atoms with Crippen LogP contribution in [0.5, 0.6) is 11.6 Å². The summed E-state index contributed by atoms with van der Waals surface area (Å²) in [6.45, 7) is 1.00. The molecule has 7 heteroatoms. The number of hydrogen-bond acceptors (Lipinski definition) is 3. The number of ether oxygens (including phenoxy) is 1. The van der Waals surface area contributed by atoms with E-state index < -0.39 is 0 Å². The quantitative estimate of drug-likeness (QED) is 0.294. The highest BCUT2D eigenvalue weighted by Gasteiger charge is 2.07. The minimum absolute atomic E-state index is 0. The lowest BCUT2D eigenvalue weighted by Crippen LogP contribution is -2.33. The van der Waals surface area contributed by atoms with Gasteiger partial charge in [-0.1, -0.05) is 42.5 Å². The predicted molar refractivity (Wildman–Crippen MR) is 120 cm³/mol. The molecule has 0 aliphatic carbocycles. The Balaban J connectivity index is 0.00000280. The van der Waals surface area contributed by atoms with Crippen molar-refractivity contribution >= 4 is 29.9 Å². The zero-order valence-electron chi connectivity index (χ0n) is 15.2. The lowest BCUT2D eigenvalue weighted by molar-refractivity contribution is 0.452. The van der Waals surface area contributed by atoms with Gasteiger partial charge in [0, 0.05) is 24.4 Å². The zero-order valence-corrected chi connectivity index (χ0v) is 17.5. The third-order valence-electron chi connectivity index (χ3n) is 3.84. The molecule has 3 aromatic rings. The number of benzene rings is 2. The molecule has 1 aromatic heterocycles. The lowest BCUT2D eigenvalue weighted by atomic mass is 10.1. The first kappa shape index (κ1) is 21.6. The SMILES string of the molecule is I.NC(=NCc1cccnc1Oc1cccc(F)c1)NCCc1ccccc1. The van der Waals surface area contributed by atoms with Crippen LogP contribution in [-0.4, -0.2) is 17.5 Å². The largest absolute Gasteiger partial charge is 0.439 e. The molecule has 0 saturated carbocycles. The van der Waals surface area contributed by atoms with Crippen LogP contribution >= 0.6 is 24.0 Å². The second kappa shape index (κ2) is 11.2. The summed E-state index contributed by atoms with van der Waals surface area (Å²) in [5.41, 5.74) is 7.93. The van der Waals surface area contributed by atoms with E-state index in [1.165, 1.54) is 17.7 Å². The molecule has 0 bridgehead atoms. The van der Waals surface area contributed by atoms with Gasteiger partial charge < -0.3 is 15.8 Å². The van der Waals surface area contributed by atoms with Crippen LogP contribution in [0.15, 0.2) is 77.9 Å². The molecule has 0 amide bonds. The average Bonchev–Trinajstić information content (AvgIpc) is 2.68. The van der Waals surface area contributed by atoms with Crippen LogP contribution in [0.2, 0.25) is 0 Å². The number of guanidine groups is 1. The van der Waals surface area contributed by atoms with Crippen molar-refractivity contribution in [1.82, 2.24) is 10.3 Å². The molecule has 0 spiro atoms. The van der Waals surface area contributed by atoms with E-state index in [0.29, 0.717) is 30.7 Å². The summed E-state index contributed by atoms with van der Waals surface area (Å²) in [7, 11) is 0. The van der Waals surface area contributed by atoms with Crippen LogP contribution in [-0.2, 0) is 13.0 Å². The highest BCUT2D eigenvalue weighted by molar-refractivity contribution is 14.0. The Morgan fingerprint density at radius 3 is 2.68 bits per heavy atom. The standard InChI is InChI=1S/C21H21FN4O.HI/c22-18-9-4-10-19(14-18)27-20-17(8-5-12-24-20)15-26-21(23)25-13-11-16-6-2-1-3-7-16;/h1-10,12,14H,11,13,15H2,(H3,23,25,26);1H. The second-order valence-corrected chi connectivity index (χ2v) is 5.89. The molecular weight excluding hydrogens is 470 g/mol. The molecule has 0 atom stereocenters. The zero-order chi connectivity index (χ0) is 18.9. The predicted octanol–water partition coefficient (Wildman–Crippen LogP) is 4.28. The monoisotopic (exact) mass is 492 g/mol. The van der Waals surface area contributed by atoms with Crippen molar-refractivity contribution in [1.29, 1.82) is 0 Å². The Kier molecular flexibility index (Phi) is 8.67. The summed E-state index contributed by atoms with van der Waals surface area (Å²) >= 11 is 0. The Morgan fingerprint density at radius 2 is 1.89 bits per heavy atom. The molecule has 146 valence electrons. The number of pyridine rings is 1. The van der Waals surface area contributed by atoms with E-state index in [-0.39, 0.29) is 29.8 Å². The van der Waals surface area contributed by atoms with Gasteiger partial charge in [-0.05, 0) is 30.2 Å². The first-order valence-electron chi connectivity index (χ1n) is 8.66. The van der Waals surface area contributed by atoms with Crippen LogP contribution in [0.4, 0.5) is 4.39 Å². The van der Waals surface area contributed by atoms with Gasteiger partial charge in [-0.2, -0.15) is 0 Å². The van der Waals surface area contributed by atoms with Crippen molar-refractivity contribution in [2.24, 2.45) is 10.7 Å². The molecule has 0 aliphatic rings. The minimum atomic E-state index is -0.366. The maximum Gasteiger partial charge on any atom is 0.224 e. The van der Waals surface area contributed by atoms with Gasteiger partial charge in [-0.3, -0.25) is 0 Å². The van der Waals surface area contributed by atoms with Gasteiger partial charge >= 0.3 is 0 Å². The van der Waals surface area contributed by atoms with Crippen LogP contribution < -0.4 is 15.8 Å². The molecule has 28 heavy (non-hydrogen) atoms. The molecule has 5 nitrogen and oxygen atoms in total. The summed E-state index contributed by atoms with van der Waals surface area (Å²) in [5.74, 6) is 0.748. The molecule has 1 heterocycles. The van der Waals surface area contributed by atoms with Gasteiger partial charge in [0.2, 0.25) is 5.88 Å². The highest BCUT2D eigenvalue weighted by atomic mass is 127. The Bertz CT molecular complexity index is 906. The number of nitrogens with zero attached hydrogens (tertiary/aromatic N) is 2. The van der Waals surface area contributed by atoms with Crippen LogP contribution in [0, 0.1) is 5.82 Å². The lowest BCUT2D eigenvalue weighted by Gasteiger charge is -2.09. The van der Waals surface area contributed by atoms with E-state index in [1.54, 1.807) is 24.4 Å². The van der Waals surface area contributed by atoms with Gasteiger partial charge in [0.15, 0.2) is 5.96 Å². The van der Waals surface area contributed by atoms with Crippen LogP contribution in [0.3, 0.4) is 0 Å². The van der Waals surface area contributed by atoms with Gasteiger partial charge in [-0.15, -0.1) is 24.0 Å². The average molecular weight is 492 g/mol. The Hall–Kier alpha value is -2.68. The summed E-state index contributed by atoms with van der Waals surface area (Å²) < 4.78 is 19.0. The molecule has 0 saturated heterocycles. The van der Waals surface area contributed by atoms with Gasteiger partial charge in [0.05, 0.1) is 6.54 Å². The molecule has 3 rings (SSSR count).